The zero-order valence-corrected chi connectivity index (χ0v) is 10.1. The average molecular weight is 246 g/mol. The van der Waals surface area contributed by atoms with E-state index in [1.54, 1.807) is 32.0 Å². The Hall–Kier alpha value is -0.570. The normalized spacial score (nSPS) is 14.7. The summed E-state index contributed by atoms with van der Waals surface area (Å²) in [6.45, 7) is 3.59. The lowest BCUT2D eigenvalue weighted by Gasteiger charge is -2.14. The highest BCUT2D eigenvalue weighted by Gasteiger charge is 2.20. The Bertz CT molecular complexity index is 377. The second-order valence-electron chi connectivity index (χ2n) is 3.64. The molecule has 0 saturated heterocycles. The van der Waals surface area contributed by atoms with Gasteiger partial charge in [-0.3, -0.25) is 4.79 Å². The molecule has 0 aromatic heterocycles. The van der Waals surface area contributed by atoms with E-state index in [4.69, 9.17) is 28.9 Å². The number of benzene rings is 1. The fourth-order valence-corrected chi connectivity index (χ4v) is 1.67. The first-order chi connectivity index (χ1) is 6.93. The fraction of sp³-hybridized carbons (Fsp3) is 0.364. The molecule has 0 aliphatic carbocycles. The molecule has 4 heteroatoms. The number of carbonyl (C=O) groups excluding carboxylic acids is 1. The Morgan fingerprint density at radius 3 is 2.40 bits per heavy atom. The number of ketones is 1. The van der Waals surface area contributed by atoms with Crippen LogP contribution in [0.1, 0.15) is 24.2 Å². The Balaban J connectivity index is 3.01. The molecule has 0 saturated carbocycles. The number of rotatable bonds is 3. The number of hydrogen-bond donors (Lipinski definition) is 1. The van der Waals surface area contributed by atoms with Gasteiger partial charge in [-0.1, -0.05) is 30.1 Å². The molecule has 0 spiro atoms. The summed E-state index contributed by atoms with van der Waals surface area (Å²) >= 11 is 11.7. The first-order valence-electron chi connectivity index (χ1n) is 4.68. The Kier molecular flexibility index (Phi) is 4.14. The fourth-order valence-electron chi connectivity index (χ4n) is 1.17. The summed E-state index contributed by atoms with van der Waals surface area (Å²) in [6, 6.07) is 4.65. The molecule has 1 aromatic rings. The molecular weight excluding hydrogens is 233 g/mol. The van der Waals surface area contributed by atoms with Crippen LogP contribution in [-0.4, -0.2) is 11.8 Å². The van der Waals surface area contributed by atoms with Crippen LogP contribution in [0.15, 0.2) is 18.2 Å². The van der Waals surface area contributed by atoms with Crippen molar-refractivity contribution in [1.82, 2.24) is 0 Å². The van der Waals surface area contributed by atoms with E-state index >= 15 is 0 Å². The molecule has 15 heavy (non-hydrogen) atoms. The highest BCUT2D eigenvalue weighted by molar-refractivity contribution is 6.36. The van der Waals surface area contributed by atoms with Crippen LogP contribution in [0.25, 0.3) is 0 Å². The molecule has 2 N–H and O–H groups in total. The van der Waals surface area contributed by atoms with Crippen molar-refractivity contribution in [3.63, 3.8) is 0 Å². The van der Waals surface area contributed by atoms with Crippen LogP contribution in [0.4, 0.5) is 0 Å². The number of hydrogen-bond acceptors (Lipinski definition) is 2. The van der Waals surface area contributed by atoms with E-state index in [2.05, 4.69) is 0 Å². The maximum absolute atomic E-state index is 11.9. The van der Waals surface area contributed by atoms with Crippen LogP contribution in [0, 0.1) is 5.92 Å². The van der Waals surface area contributed by atoms with E-state index in [1.165, 1.54) is 0 Å². The van der Waals surface area contributed by atoms with Gasteiger partial charge in [-0.15, -0.1) is 0 Å². The van der Waals surface area contributed by atoms with E-state index in [1.807, 2.05) is 0 Å². The summed E-state index contributed by atoms with van der Waals surface area (Å²) < 4.78 is 0. The maximum Gasteiger partial charge on any atom is 0.168 e. The first kappa shape index (κ1) is 12.5. The van der Waals surface area contributed by atoms with Crippen molar-refractivity contribution in [1.29, 1.82) is 0 Å². The SMILES string of the molecule is CC(N)C(C)C(=O)c1ccc(Cl)cc1Cl. The van der Waals surface area contributed by atoms with E-state index in [0.717, 1.165) is 0 Å². The summed E-state index contributed by atoms with van der Waals surface area (Å²) in [4.78, 5) is 11.9. The largest absolute Gasteiger partial charge is 0.327 e. The van der Waals surface area contributed by atoms with Crippen molar-refractivity contribution in [2.45, 2.75) is 19.9 Å². The lowest BCUT2D eigenvalue weighted by molar-refractivity contribution is 0.0917. The molecule has 2 atom stereocenters. The summed E-state index contributed by atoms with van der Waals surface area (Å²) in [5.41, 5.74) is 6.14. The number of nitrogens with two attached hydrogens (primary N) is 1. The zero-order chi connectivity index (χ0) is 11.6. The number of Topliss-reactive ketones (excluding diaryl/α,β-unsaturated/α-hetero) is 1. The van der Waals surface area contributed by atoms with Gasteiger partial charge in [0.05, 0.1) is 5.02 Å². The summed E-state index contributed by atoms with van der Waals surface area (Å²) in [5.74, 6) is -0.296. The zero-order valence-electron chi connectivity index (χ0n) is 8.63. The van der Waals surface area contributed by atoms with E-state index in [0.29, 0.717) is 15.6 Å². The van der Waals surface area contributed by atoms with Gasteiger partial charge in [0.1, 0.15) is 0 Å². The predicted octanol–water partition coefficient (Wildman–Crippen LogP) is 3.16. The van der Waals surface area contributed by atoms with Gasteiger partial charge in [0, 0.05) is 22.5 Å². The van der Waals surface area contributed by atoms with Gasteiger partial charge >= 0.3 is 0 Å². The number of carbonyl (C=O) groups is 1. The highest BCUT2D eigenvalue weighted by atomic mass is 35.5. The molecule has 0 radical (unpaired) electrons. The molecule has 0 heterocycles. The standard InChI is InChI=1S/C11H13Cl2NO/c1-6(7(2)14)11(15)9-4-3-8(12)5-10(9)13/h3-7H,14H2,1-2H3. The average Bonchev–Trinajstić information content (AvgIpc) is 2.15. The van der Waals surface area contributed by atoms with E-state index in [9.17, 15) is 4.79 Å². The smallest absolute Gasteiger partial charge is 0.168 e. The second-order valence-corrected chi connectivity index (χ2v) is 4.48. The summed E-state index contributed by atoms with van der Waals surface area (Å²) in [7, 11) is 0. The van der Waals surface area contributed by atoms with Crippen molar-refractivity contribution < 1.29 is 4.79 Å². The minimum atomic E-state index is -0.247. The van der Waals surface area contributed by atoms with Crippen molar-refractivity contribution in [3.05, 3.63) is 33.8 Å². The quantitative estimate of drug-likeness (QED) is 0.832. The molecule has 0 aliphatic heterocycles. The van der Waals surface area contributed by atoms with Gasteiger partial charge in [-0.25, -0.2) is 0 Å². The van der Waals surface area contributed by atoms with Crippen molar-refractivity contribution in [2.24, 2.45) is 11.7 Å². The molecule has 2 unspecified atom stereocenters. The van der Waals surface area contributed by atoms with E-state index in [-0.39, 0.29) is 17.7 Å². The molecular formula is C11H13Cl2NO. The second kappa shape index (κ2) is 4.97. The monoisotopic (exact) mass is 245 g/mol. The van der Waals surface area contributed by atoms with Crippen LogP contribution in [0.2, 0.25) is 10.0 Å². The van der Waals surface area contributed by atoms with Crippen LogP contribution < -0.4 is 5.73 Å². The molecule has 82 valence electrons. The molecule has 0 amide bonds. The molecule has 0 aliphatic rings. The molecule has 1 rings (SSSR count). The molecule has 0 fully saturated rings. The predicted molar refractivity (Wildman–Crippen MR) is 63.6 cm³/mol. The Morgan fingerprint density at radius 1 is 1.33 bits per heavy atom. The van der Waals surface area contributed by atoms with Crippen molar-refractivity contribution >= 4 is 29.0 Å². The van der Waals surface area contributed by atoms with Crippen LogP contribution in [0.5, 0.6) is 0 Å². The Morgan fingerprint density at radius 2 is 1.93 bits per heavy atom. The summed E-state index contributed by atoms with van der Waals surface area (Å²) in [6.07, 6.45) is 0. The maximum atomic E-state index is 11.9. The third-order valence-electron chi connectivity index (χ3n) is 2.40. The van der Waals surface area contributed by atoms with Crippen molar-refractivity contribution in [3.8, 4) is 0 Å². The lowest BCUT2D eigenvalue weighted by Crippen LogP contribution is -2.30. The summed E-state index contributed by atoms with van der Waals surface area (Å²) in [5, 5.41) is 0.894. The molecule has 0 bridgehead atoms. The lowest BCUT2D eigenvalue weighted by atomic mass is 9.94. The van der Waals surface area contributed by atoms with E-state index < -0.39 is 0 Å². The van der Waals surface area contributed by atoms with Crippen LogP contribution in [0.3, 0.4) is 0 Å². The first-order valence-corrected chi connectivity index (χ1v) is 5.44. The van der Waals surface area contributed by atoms with Gasteiger partial charge in [0.15, 0.2) is 5.78 Å². The topological polar surface area (TPSA) is 43.1 Å². The minimum absolute atomic E-state index is 0.0494. The van der Waals surface area contributed by atoms with Crippen molar-refractivity contribution in [2.75, 3.05) is 0 Å². The van der Waals surface area contributed by atoms with Gasteiger partial charge < -0.3 is 5.73 Å². The van der Waals surface area contributed by atoms with Crippen LogP contribution >= 0.6 is 23.2 Å². The Labute approximate surface area is 99.4 Å². The molecule has 2 nitrogen and oxygen atoms in total. The van der Waals surface area contributed by atoms with Gasteiger partial charge in [0.2, 0.25) is 0 Å². The van der Waals surface area contributed by atoms with Crippen LogP contribution in [-0.2, 0) is 0 Å². The third kappa shape index (κ3) is 2.94. The highest BCUT2D eigenvalue weighted by Crippen LogP contribution is 2.23. The van der Waals surface area contributed by atoms with Gasteiger partial charge in [-0.05, 0) is 25.1 Å². The molecule has 1 aromatic carbocycles. The van der Waals surface area contributed by atoms with Gasteiger partial charge in [0.25, 0.3) is 0 Å². The third-order valence-corrected chi connectivity index (χ3v) is 2.95. The number of halogens is 2. The minimum Gasteiger partial charge on any atom is -0.327 e. The van der Waals surface area contributed by atoms with Gasteiger partial charge in [-0.2, -0.15) is 0 Å².